The van der Waals surface area contributed by atoms with Crippen LogP contribution in [-0.4, -0.2) is 43.5 Å². The molecule has 1 aliphatic rings. The molecule has 0 aromatic heterocycles. The lowest BCUT2D eigenvalue weighted by Gasteiger charge is -2.29. The first-order valence-corrected chi connectivity index (χ1v) is 10.9. The Labute approximate surface area is 166 Å². The lowest BCUT2D eigenvalue weighted by atomic mass is 10.1. The van der Waals surface area contributed by atoms with E-state index in [9.17, 15) is 18.3 Å². The van der Waals surface area contributed by atoms with E-state index in [0.717, 1.165) is 11.1 Å². The number of nitrogens with one attached hydrogen (secondary N) is 1. The molecule has 1 fully saturated rings. The summed E-state index contributed by atoms with van der Waals surface area (Å²) >= 11 is 0. The normalized spacial score (nSPS) is 15.5. The second-order valence-electron chi connectivity index (χ2n) is 7.36. The highest BCUT2D eigenvalue weighted by Gasteiger charge is 2.21. The zero-order valence-electron chi connectivity index (χ0n) is 16.2. The highest BCUT2D eigenvalue weighted by molar-refractivity contribution is 7.92. The van der Waals surface area contributed by atoms with Crippen molar-refractivity contribution in [3.8, 4) is 0 Å². The lowest BCUT2D eigenvalue weighted by Crippen LogP contribution is -2.40. The zero-order chi connectivity index (χ0) is 20.3. The third-order valence-corrected chi connectivity index (χ3v) is 6.54. The molecule has 0 saturated carbocycles. The van der Waals surface area contributed by atoms with E-state index in [1.165, 1.54) is 0 Å². The van der Waals surface area contributed by atoms with Crippen molar-refractivity contribution in [1.29, 1.82) is 0 Å². The van der Waals surface area contributed by atoms with Crippen LogP contribution in [0, 0.1) is 13.8 Å². The van der Waals surface area contributed by atoms with Crippen molar-refractivity contribution in [1.82, 2.24) is 4.90 Å². The van der Waals surface area contributed by atoms with E-state index in [4.69, 9.17) is 0 Å². The summed E-state index contributed by atoms with van der Waals surface area (Å²) < 4.78 is 27.9. The van der Waals surface area contributed by atoms with Gasteiger partial charge in [-0.05, 0) is 56.0 Å². The van der Waals surface area contributed by atoms with Gasteiger partial charge >= 0.3 is 0 Å². The molecule has 1 heterocycles. The van der Waals surface area contributed by atoms with Gasteiger partial charge in [0, 0.05) is 18.8 Å². The van der Waals surface area contributed by atoms with Gasteiger partial charge in [-0.3, -0.25) is 9.52 Å². The van der Waals surface area contributed by atoms with Crippen molar-refractivity contribution >= 4 is 21.6 Å². The Morgan fingerprint density at radius 2 is 1.75 bits per heavy atom. The van der Waals surface area contributed by atoms with E-state index < -0.39 is 10.0 Å². The largest absolute Gasteiger partial charge is 0.393 e. The van der Waals surface area contributed by atoms with E-state index in [1.54, 1.807) is 48.2 Å². The smallest absolute Gasteiger partial charge is 0.262 e. The number of likely N-dealkylation sites (tertiary alicyclic amines) is 1. The molecule has 150 valence electrons. The van der Waals surface area contributed by atoms with Crippen LogP contribution in [0.1, 0.15) is 29.5 Å². The van der Waals surface area contributed by atoms with Gasteiger partial charge in [0.2, 0.25) is 5.91 Å². The number of aryl methyl sites for hydroxylation is 2. The molecule has 0 atom stereocenters. The van der Waals surface area contributed by atoms with Gasteiger partial charge in [-0.25, -0.2) is 8.42 Å². The number of hydrogen-bond donors (Lipinski definition) is 2. The third-order valence-electron chi connectivity index (χ3n) is 5.00. The number of amides is 1. The first-order chi connectivity index (χ1) is 13.2. The van der Waals surface area contributed by atoms with Crippen molar-refractivity contribution in [3.05, 3.63) is 59.2 Å². The fraction of sp³-hybridized carbons (Fsp3) is 0.381. The Morgan fingerprint density at radius 1 is 1.11 bits per heavy atom. The molecule has 7 heteroatoms. The van der Waals surface area contributed by atoms with Crippen LogP contribution in [0.25, 0.3) is 0 Å². The number of aliphatic hydroxyl groups excluding tert-OH is 1. The molecule has 2 aromatic carbocycles. The Bertz CT molecular complexity index is 947. The summed E-state index contributed by atoms with van der Waals surface area (Å²) in [4.78, 5) is 14.4. The van der Waals surface area contributed by atoms with Gasteiger partial charge in [-0.1, -0.05) is 29.8 Å². The number of aliphatic hydroxyl groups is 1. The maximum absolute atomic E-state index is 12.6. The van der Waals surface area contributed by atoms with Gasteiger partial charge in [-0.15, -0.1) is 0 Å². The average molecular weight is 403 g/mol. The third kappa shape index (κ3) is 4.91. The summed E-state index contributed by atoms with van der Waals surface area (Å²) in [6.07, 6.45) is 1.18. The van der Waals surface area contributed by atoms with Gasteiger partial charge in [-0.2, -0.15) is 0 Å². The second-order valence-corrected chi connectivity index (χ2v) is 9.01. The molecule has 0 bridgehead atoms. The number of carbonyl (C=O) groups is 1. The number of anilines is 1. The van der Waals surface area contributed by atoms with Crippen LogP contribution in [0.15, 0.2) is 47.4 Å². The molecule has 28 heavy (non-hydrogen) atoms. The highest BCUT2D eigenvalue weighted by atomic mass is 32.2. The van der Waals surface area contributed by atoms with Crippen LogP contribution in [0.2, 0.25) is 0 Å². The molecule has 1 aliphatic heterocycles. The number of piperidine rings is 1. The Morgan fingerprint density at radius 3 is 2.36 bits per heavy atom. The van der Waals surface area contributed by atoms with Crippen LogP contribution in [-0.2, 0) is 21.2 Å². The minimum atomic E-state index is -3.67. The maximum atomic E-state index is 12.6. The summed E-state index contributed by atoms with van der Waals surface area (Å²) in [6.45, 7) is 4.85. The number of benzene rings is 2. The SMILES string of the molecule is Cc1ccc(S(=O)(=O)Nc2ccc(CC(=O)N3CCC(O)CC3)cc2)c(C)c1. The fourth-order valence-electron chi connectivity index (χ4n) is 3.40. The molecule has 3 rings (SSSR count). The second kappa shape index (κ2) is 8.32. The average Bonchev–Trinajstić information content (AvgIpc) is 2.63. The summed E-state index contributed by atoms with van der Waals surface area (Å²) in [6, 6.07) is 12.1. The van der Waals surface area contributed by atoms with Crippen LogP contribution >= 0.6 is 0 Å². The number of hydrogen-bond acceptors (Lipinski definition) is 4. The van der Waals surface area contributed by atoms with Crippen molar-refractivity contribution in [2.75, 3.05) is 17.8 Å². The van der Waals surface area contributed by atoms with Gasteiger partial charge in [0.15, 0.2) is 0 Å². The number of nitrogens with zero attached hydrogens (tertiary/aromatic N) is 1. The number of rotatable bonds is 5. The highest BCUT2D eigenvalue weighted by Crippen LogP contribution is 2.21. The minimum Gasteiger partial charge on any atom is -0.393 e. The topological polar surface area (TPSA) is 86.7 Å². The van der Waals surface area contributed by atoms with E-state index in [2.05, 4.69) is 4.72 Å². The van der Waals surface area contributed by atoms with E-state index in [-0.39, 0.29) is 23.3 Å². The lowest BCUT2D eigenvalue weighted by molar-refractivity contribution is -0.132. The predicted molar refractivity (Wildman–Crippen MR) is 109 cm³/mol. The van der Waals surface area contributed by atoms with Crippen LogP contribution in [0.3, 0.4) is 0 Å². The Hall–Kier alpha value is -2.38. The molecule has 0 unspecified atom stereocenters. The monoisotopic (exact) mass is 402 g/mol. The molecule has 2 aromatic rings. The van der Waals surface area contributed by atoms with Crippen LogP contribution < -0.4 is 4.72 Å². The molecular weight excluding hydrogens is 376 g/mol. The van der Waals surface area contributed by atoms with Gasteiger partial charge in [0.05, 0.1) is 17.4 Å². The van der Waals surface area contributed by atoms with Gasteiger partial charge in [0.25, 0.3) is 10.0 Å². The van der Waals surface area contributed by atoms with Crippen LogP contribution in [0.5, 0.6) is 0 Å². The molecule has 0 aliphatic carbocycles. The first-order valence-electron chi connectivity index (χ1n) is 9.39. The van der Waals surface area contributed by atoms with E-state index in [1.807, 2.05) is 13.0 Å². The predicted octanol–water partition coefficient (Wildman–Crippen LogP) is 2.63. The Kier molecular flexibility index (Phi) is 6.05. The minimum absolute atomic E-state index is 0.0236. The zero-order valence-corrected chi connectivity index (χ0v) is 17.0. The number of sulfonamides is 1. The van der Waals surface area contributed by atoms with Crippen LogP contribution in [0.4, 0.5) is 5.69 Å². The van der Waals surface area contributed by atoms with Crippen molar-refractivity contribution < 1.29 is 18.3 Å². The Balaban J connectivity index is 1.65. The molecular formula is C21H26N2O4S. The molecule has 0 radical (unpaired) electrons. The van der Waals surface area contributed by atoms with E-state index in [0.29, 0.717) is 37.2 Å². The summed E-state index contributed by atoms with van der Waals surface area (Å²) in [5.41, 5.74) is 2.98. The molecule has 2 N–H and O–H groups in total. The molecule has 1 amide bonds. The van der Waals surface area contributed by atoms with E-state index >= 15 is 0 Å². The van der Waals surface area contributed by atoms with Crippen molar-refractivity contribution in [2.24, 2.45) is 0 Å². The molecule has 0 spiro atoms. The van der Waals surface area contributed by atoms with Gasteiger partial charge < -0.3 is 10.0 Å². The summed E-state index contributed by atoms with van der Waals surface area (Å²) in [5.74, 6) is 0.0236. The fourth-order valence-corrected chi connectivity index (χ4v) is 4.69. The quantitative estimate of drug-likeness (QED) is 0.805. The number of carbonyl (C=O) groups excluding carboxylic acids is 1. The first kappa shape index (κ1) is 20.4. The standard InChI is InChI=1S/C21H26N2O4S/c1-15-3-8-20(16(2)13-15)28(26,27)22-18-6-4-17(5-7-18)14-21(25)23-11-9-19(24)10-12-23/h3-8,13,19,22,24H,9-12,14H2,1-2H3. The van der Waals surface area contributed by atoms with Crippen molar-refractivity contribution in [2.45, 2.75) is 44.1 Å². The maximum Gasteiger partial charge on any atom is 0.262 e. The molecule has 6 nitrogen and oxygen atoms in total. The van der Waals surface area contributed by atoms with Crippen molar-refractivity contribution in [3.63, 3.8) is 0 Å². The van der Waals surface area contributed by atoms with Gasteiger partial charge in [0.1, 0.15) is 0 Å². The summed E-state index contributed by atoms with van der Waals surface area (Å²) in [5, 5.41) is 9.54. The molecule has 1 saturated heterocycles. The summed E-state index contributed by atoms with van der Waals surface area (Å²) in [7, 11) is -3.67.